The molecule has 7 atom stereocenters. The largest absolute Gasteiger partial charge is 0.463 e. The van der Waals surface area contributed by atoms with Gasteiger partial charge in [0.25, 0.3) is 0 Å². The minimum absolute atomic E-state index is 0.0386. The summed E-state index contributed by atoms with van der Waals surface area (Å²) in [6, 6.07) is 0. The number of rotatable bonds is 3. The van der Waals surface area contributed by atoms with Crippen molar-refractivity contribution >= 4 is 11.8 Å². The van der Waals surface area contributed by atoms with E-state index < -0.39 is 18.2 Å². The molecule has 0 bridgehead atoms. The zero-order valence-electron chi connectivity index (χ0n) is 16.9. The predicted octanol–water partition coefficient (Wildman–Crippen LogP) is 2.73. The number of aliphatic hydroxyl groups excluding tert-OH is 2. The summed E-state index contributed by atoms with van der Waals surface area (Å²) < 4.78 is 5.03. The first-order chi connectivity index (χ1) is 13.2. The van der Waals surface area contributed by atoms with E-state index in [2.05, 4.69) is 19.9 Å². The van der Waals surface area contributed by atoms with Crippen LogP contribution in [0, 0.1) is 28.6 Å². The second-order valence-corrected chi connectivity index (χ2v) is 9.43. The van der Waals surface area contributed by atoms with Crippen LogP contribution >= 0.6 is 0 Å². The lowest BCUT2D eigenvalue weighted by atomic mass is 9.47. The van der Waals surface area contributed by atoms with Gasteiger partial charge in [-0.05, 0) is 60.7 Å². The van der Waals surface area contributed by atoms with Crippen molar-refractivity contribution in [3.8, 4) is 0 Å². The number of ether oxygens (including phenoxy) is 1. The predicted molar refractivity (Wildman–Crippen MR) is 104 cm³/mol. The Labute approximate surface area is 166 Å². The molecule has 0 aromatic rings. The van der Waals surface area contributed by atoms with Crippen molar-refractivity contribution in [3.05, 3.63) is 35.5 Å². The number of carbonyl (C=O) groups is 2. The number of fused-ring (bicyclic) bond motifs is 5. The summed E-state index contributed by atoms with van der Waals surface area (Å²) in [6.45, 7) is 5.60. The van der Waals surface area contributed by atoms with Crippen LogP contribution in [0.5, 0.6) is 0 Å². The molecule has 0 aliphatic heterocycles. The normalized spacial score (nSPS) is 42.7. The van der Waals surface area contributed by atoms with E-state index in [0.29, 0.717) is 18.3 Å². The van der Waals surface area contributed by atoms with Gasteiger partial charge in [0.2, 0.25) is 0 Å². The number of hydrogen-bond donors (Lipinski definition) is 2. The molecule has 4 rings (SSSR count). The molecule has 0 aromatic heterocycles. The van der Waals surface area contributed by atoms with Crippen LogP contribution in [0.2, 0.25) is 0 Å². The molecule has 2 N–H and O–H groups in total. The number of hydrogen-bond acceptors (Lipinski definition) is 5. The van der Waals surface area contributed by atoms with E-state index in [1.165, 1.54) is 6.92 Å². The first-order valence-electron chi connectivity index (χ1n) is 10.3. The molecular weight excluding hydrogens is 356 g/mol. The van der Waals surface area contributed by atoms with Crippen LogP contribution in [-0.4, -0.2) is 40.8 Å². The van der Waals surface area contributed by atoms with Gasteiger partial charge in [0, 0.05) is 18.3 Å². The second-order valence-electron chi connectivity index (χ2n) is 9.43. The Morgan fingerprint density at radius 2 is 2.14 bits per heavy atom. The molecule has 5 nitrogen and oxygen atoms in total. The van der Waals surface area contributed by atoms with Gasteiger partial charge in [-0.1, -0.05) is 31.6 Å². The summed E-state index contributed by atoms with van der Waals surface area (Å²) in [5.74, 6) is 0.379. The minimum atomic E-state index is -0.829. The zero-order chi connectivity index (χ0) is 20.3. The Balaban J connectivity index is 1.62. The maximum absolute atomic E-state index is 11.9. The molecule has 0 amide bonds. The average Bonchev–Trinajstić information content (AvgIpc) is 2.96. The lowest BCUT2D eigenvalue weighted by Crippen LogP contribution is -2.56. The summed E-state index contributed by atoms with van der Waals surface area (Å²) in [4.78, 5) is 23.0. The fraction of sp³-hybridized carbons (Fsp3) is 0.652. The van der Waals surface area contributed by atoms with Gasteiger partial charge < -0.3 is 14.9 Å². The maximum atomic E-state index is 11.9. The molecule has 0 heterocycles. The summed E-state index contributed by atoms with van der Waals surface area (Å²) in [7, 11) is 0. The lowest BCUT2D eigenvalue weighted by molar-refractivity contribution is -0.144. The van der Waals surface area contributed by atoms with E-state index in [1.54, 1.807) is 12.2 Å². The molecular formula is C23H30O5. The lowest BCUT2D eigenvalue weighted by Gasteiger charge is -2.58. The van der Waals surface area contributed by atoms with E-state index in [0.717, 1.165) is 30.4 Å². The second kappa shape index (κ2) is 6.67. The molecule has 28 heavy (non-hydrogen) atoms. The van der Waals surface area contributed by atoms with Crippen LogP contribution in [0.1, 0.15) is 46.5 Å². The molecule has 5 heteroatoms. The zero-order valence-corrected chi connectivity index (χ0v) is 16.9. The van der Waals surface area contributed by atoms with E-state index >= 15 is 0 Å². The quantitative estimate of drug-likeness (QED) is 0.576. The van der Waals surface area contributed by atoms with Gasteiger partial charge in [0.15, 0.2) is 5.78 Å². The van der Waals surface area contributed by atoms with Crippen molar-refractivity contribution < 1.29 is 24.5 Å². The van der Waals surface area contributed by atoms with Gasteiger partial charge in [-0.15, -0.1) is 0 Å². The first kappa shape index (κ1) is 19.6. The number of allylic oxidation sites excluding steroid dienone is 5. The molecule has 0 saturated heterocycles. The third-order valence-electron chi connectivity index (χ3n) is 7.94. The van der Waals surface area contributed by atoms with Crippen molar-refractivity contribution in [3.63, 3.8) is 0 Å². The minimum Gasteiger partial charge on any atom is -0.463 e. The fourth-order valence-corrected chi connectivity index (χ4v) is 6.73. The number of carbonyl (C=O) groups excluding carboxylic acids is 2. The van der Waals surface area contributed by atoms with Crippen LogP contribution in [0.4, 0.5) is 0 Å². The Bertz CT molecular complexity index is 793. The maximum Gasteiger partial charge on any atom is 0.302 e. The summed E-state index contributed by atoms with van der Waals surface area (Å²) in [5.41, 5.74) is 1.46. The standard InChI is InChI=1S/C23H30O5/c1-13(24)28-12-20(27)18-7-6-17-16-5-4-14-10-15(25)8-9-22(14,2)21(16)19(26)11-23(17,18)3/h7-10,16-17,19-21,26-27H,4-6,11-12H2,1-3H3/t16-,17-,19-,20?,21+,22-,23-/m0/s1. The summed E-state index contributed by atoms with van der Waals surface area (Å²) >= 11 is 0. The van der Waals surface area contributed by atoms with Crippen molar-refractivity contribution in [2.24, 2.45) is 28.6 Å². The SMILES string of the molecule is CC(=O)OCC(O)C1=CC[C@H]2[C@@H]3CCC4=CC(=O)C=C[C@]4(C)[C@H]3[C@@H](O)C[C@]12C. The van der Waals surface area contributed by atoms with Crippen molar-refractivity contribution in [1.29, 1.82) is 0 Å². The number of aliphatic hydroxyl groups is 2. The topological polar surface area (TPSA) is 83.8 Å². The van der Waals surface area contributed by atoms with Crippen LogP contribution in [0.25, 0.3) is 0 Å². The Morgan fingerprint density at radius 3 is 2.86 bits per heavy atom. The molecule has 0 aromatic carbocycles. The Hall–Kier alpha value is -1.72. The monoisotopic (exact) mass is 386 g/mol. The van der Waals surface area contributed by atoms with E-state index in [-0.39, 0.29) is 29.1 Å². The highest BCUT2D eigenvalue weighted by Crippen LogP contribution is 2.64. The van der Waals surface area contributed by atoms with E-state index in [9.17, 15) is 19.8 Å². The Kier molecular flexibility index (Phi) is 4.66. The van der Waals surface area contributed by atoms with Crippen LogP contribution in [0.3, 0.4) is 0 Å². The van der Waals surface area contributed by atoms with Crippen molar-refractivity contribution in [2.45, 2.75) is 58.7 Å². The van der Waals surface area contributed by atoms with E-state index in [1.807, 2.05) is 6.08 Å². The van der Waals surface area contributed by atoms with E-state index in [4.69, 9.17) is 4.74 Å². The van der Waals surface area contributed by atoms with Gasteiger partial charge in [0.1, 0.15) is 12.7 Å². The molecule has 0 spiro atoms. The molecule has 0 radical (unpaired) electrons. The fourth-order valence-electron chi connectivity index (χ4n) is 6.73. The highest BCUT2D eigenvalue weighted by molar-refractivity contribution is 6.01. The van der Waals surface area contributed by atoms with Crippen LogP contribution in [0.15, 0.2) is 35.5 Å². The van der Waals surface area contributed by atoms with Crippen molar-refractivity contribution in [1.82, 2.24) is 0 Å². The third-order valence-corrected chi connectivity index (χ3v) is 7.94. The third kappa shape index (κ3) is 2.82. The number of esters is 1. The smallest absolute Gasteiger partial charge is 0.302 e. The first-order valence-corrected chi connectivity index (χ1v) is 10.3. The van der Waals surface area contributed by atoms with Gasteiger partial charge >= 0.3 is 5.97 Å². The van der Waals surface area contributed by atoms with Crippen LogP contribution in [-0.2, 0) is 14.3 Å². The van der Waals surface area contributed by atoms with Crippen molar-refractivity contribution in [2.75, 3.05) is 6.61 Å². The molecule has 1 unspecified atom stereocenters. The van der Waals surface area contributed by atoms with Gasteiger partial charge in [-0.2, -0.15) is 0 Å². The highest BCUT2D eigenvalue weighted by atomic mass is 16.5. The number of ketones is 1. The van der Waals surface area contributed by atoms with Gasteiger partial charge in [-0.25, -0.2) is 0 Å². The highest BCUT2D eigenvalue weighted by Gasteiger charge is 2.60. The van der Waals surface area contributed by atoms with Gasteiger partial charge in [0.05, 0.1) is 6.10 Å². The molecule has 2 saturated carbocycles. The Morgan fingerprint density at radius 1 is 1.39 bits per heavy atom. The molecule has 2 fully saturated rings. The summed E-state index contributed by atoms with van der Waals surface area (Å²) in [5, 5.41) is 21.9. The van der Waals surface area contributed by atoms with Gasteiger partial charge in [-0.3, -0.25) is 9.59 Å². The average molecular weight is 386 g/mol. The molecule has 4 aliphatic rings. The van der Waals surface area contributed by atoms with Crippen LogP contribution < -0.4 is 0 Å². The molecule has 4 aliphatic carbocycles. The molecule has 152 valence electrons. The summed E-state index contributed by atoms with van der Waals surface area (Å²) in [6.07, 6.45) is 9.44.